The summed E-state index contributed by atoms with van der Waals surface area (Å²) in [6.45, 7) is 1.95. The number of anilines is 1. The molecule has 23 heavy (non-hydrogen) atoms. The van der Waals surface area contributed by atoms with Crippen molar-refractivity contribution in [2.75, 3.05) is 5.32 Å². The molecule has 0 spiro atoms. The van der Waals surface area contributed by atoms with Crippen molar-refractivity contribution in [1.82, 2.24) is 0 Å². The Morgan fingerprint density at radius 3 is 2.43 bits per heavy atom. The lowest BCUT2D eigenvalue weighted by Gasteiger charge is -2.12. The van der Waals surface area contributed by atoms with E-state index in [0.29, 0.717) is 0 Å². The van der Waals surface area contributed by atoms with Gasteiger partial charge in [-0.2, -0.15) is 0 Å². The van der Waals surface area contributed by atoms with E-state index in [1.807, 2.05) is 43.3 Å². The number of hydrogen-bond donors (Lipinski definition) is 1. The third-order valence-electron chi connectivity index (χ3n) is 3.72. The minimum atomic E-state index is -0.0957. The third-order valence-corrected chi connectivity index (χ3v) is 4.94. The molecule has 0 aliphatic carbocycles. The number of hydrogen-bond acceptors (Lipinski definition) is 2. The molecule has 0 aromatic heterocycles. The molecule has 3 rings (SSSR count). The van der Waals surface area contributed by atoms with Crippen molar-refractivity contribution in [1.29, 1.82) is 0 Å². The van der Waals surface area contributed by atoms with Crippen molar-refractivity contribution < 1.29 is 4.79 Å². The van der Waals surface area contributed by atoms with Crippen molar-refractivity contribution in [3.05, 3.63) is 78.4 Å². The highest BCUT2D eigenvalue weighted by molar-refractivity contribution is 7.99. The van der Waals surface area contributed by atoms with Gasteiger partial charge in [-0.15, -0.1) is 11.8 Å². The molecule has 116 valence electrons. The van der Waals surface area contributed by atoms with Crippen LogP contribution in [-0.2, 0) is 10.5 Å². The molecule has 0 saturated carbocycles. The second-order valence-corrected chi connectivity index (χ2v) is 6.82. The molecule has 0 saturated heterocycles. The number of rotatable bonds is 5. The highest BCUT2D eigenvalue weighted by Gasteiger charge is 2.13. The monoisotopic (exact) mass is 321 g/mol. The van der Waals surface area contributed by atoms with Crippen LogP contribution < -0.4 is 5.32 Å². The van der Waals surface area contributed by atoms with Gasteiger partial charge in [0.1, 0.15) is 0 Å². The fraction of sp³-hybridized carbons (Fsp3) is 0.150. The predicted molar refractivity (Wildman–Crippen MR) is 99.8 cm³/mol. The summed E-state index contributed by atoms with van der Waals surface area (Å²) in [6.07, 6.45) is 0. The Morgan fingerprint density at radius 2 is 1.65 bits per heavy atom. The first-order valence-electron chi connectivity index (χ1n) is 7.67. The summed E-state index contributed by atoms with van der Waals surface area (Å²) in [7, 11) is 0. The Balaban J connectivity index is 1.59. The van der Waals surface area contributed by atoms with Crippen LogP contribution in [0.1, 0.15) is 12.5 Å². The lowest BCUT2D eigenvalue weighted by Crippen LogP contribution is -2.22. The number of carbonyl (C=O) groups excluding carboxylic acids is 1. The van der Waals surface area contributed by atoms with Crippen molar-refractivity contribution in [2.24, 2.45) is 0 Å². The van der Waals surface area contributed by atoms with E-state index in [-0.39, 0.29) is 11.2 Å². The maximum Gasteiger partial charge on any atom is 0.237 e. The summed E-state index contributed by atoms with van der Waals surface area (Å²) < 4.78 is 0. The highest BCUT2D eigenvalue weighted by Crippen LogP contribution is 2.22. The quantitative estimate of drug-likeness (QED) is 0.708. The van der Waals surface area contributed by atoms with E-state index in [1.165, 1.54) is 16.3 Å². The van der Waals surface area contributed by atoms with Crippen LogP contribution in [0.3, 0.4) is 0 Å². The molecule has 2 nitrogen and oxygen atoms in total. The van der Waals surface area contributed by atoms with Crippen molar-refractivity contribution >= 4 is 34.1 Å². The number of amides is 1. The largest absolute Gasteiger partial charge is 0.325 e. The molecule has 1 atom stereocenters. The van der Waals surface area contributed by atoms with Crippen LogP contribution in [0.2, 0.25) is 0 Å². The topological polar surface area (TPSA) is 29.1 Å². The molecule has 0 radical (unpaired) electrons. The number of fused-ring (bicyclic) bond motifs is 1. The molecule has 0 bridgehead atoms. The van der Waals surface area contributed by atoms with Crippen LogP contribution in [0.4, 0.5) is 5.69 Å². The van der Waals surface area contributed by atoms with Crippen LogP contribution in [-0.4, -0.2) is 11.2 Å². The van der Waals surface area contributed by atoms with Gasteiger partial charge in [0.05, 0.1) is 5.25 Å². The van der Waals surface area contributed by atoms with Gasteiger partial charge in [-0.05, 0) is 35.4 Å². The minimum Gasteiger partial charge on any atom is -0.325 e. The number of nitrogens with one attached hydrogen (secondary N) is 1. The van der Waals surface area contributed by atoms with Crippen LogP contribution in [0.15, 0.2) is 72.8 Å². The standard InChI is InChI=1S/C20H19NOS/c1-15(20(22)21-19-9-3-2-4-10-19)23-14-16-11-12-17-7-5-6-8-18(17)13-16/h2-13,15H,14H2,1H3,(H,21,22). The lowest BCUT2D eigenvalue weighted by atomic mass is 10.1. The van der Waals surface area contributed by atoms with E-state index in [1.54, 1.807) is 11.8 Å². The Bertz CT molecular complexity index is 801. The number of benzene rings is 3. The van der Waals surface area contributed by atoms with Gasteiger partial charge < -0.3 is 5.32 Å². The molecule has 1 amide bonds. The predicted octanol–water partition coefficient (Wildman–Crippen LogP) is 5.10. The molecular formula is C20H19NOS. The first-order chi connectivity index (χ1) is 11.2. The van der Waals surface area contributed by atoms with E-state index in [0.717, 1.165) is 11.4 Å². The molecule has 1 unspecified atom stereocenters. The van der Waals surface area contributed by atoms with Gasteiger partial charge in [0.2, 0.25) is 5.91 Å². The zero-order valence-corrected chi connectivity index (χ0v) is 13.8. The van der Waals surface area contributed by atoms with Gasteiger partial charge in [0.25, 0.3) is 0 Å². The molecule has 3 aromatic carbocycles. The molecule has 0 aliphatic heterocycles. The Hall–Kier alpha value is -2.26. The molecule has 3 aromatic rings. The molecule has 1 N–H and O–H groups in total. The number of thioether (sulfide) groups is 1. The molecule has 3 heteroatoms. The average molecular weight is 321 g/mol. The van der Waals surface area contributed by atoms with Crippen LogP contribution in [0, 0.1) is 0 Å². The fourth-order valence-electron chi connectivity index (χ4n) is 2.39. The summed E-state index contributed by atoms with van der Waals surface area (Å²) in [4.78, 5) is 12.2. The van der Waals surface area contributed by atoms with Gasteiger partial charge >= 0.3 is 0 Å². The normalized spacial score (nSPS) is 12.0. The minimum absolute atomic E-state index is 0.0435. The van der Waals surface area contributed by atoms with Crippen LogP contribution >= 0.6 is 11.8 Å². The molecule has 0 fully saturated rings. The summed E-state index contributed by atoms with van der Waals surface area (Å²) in [5.41, 5.74) is 2.09. The first kappa shape index (κ1) is 15.6. The zero-order valence-electron chi connectivity index (χ0n) is 13.0. The number of para-hydroxylation sites is 1. The van der Waals surface area contributed by atoms with Crippen LogP contribution in [0.25, 0.3) is 10.8 Å². The van der Waals surface area contributed by atoms with Gasteiger partial charge in [0, 0.05) is 11.4 Å². The smallest absolute Gasteiger partial charge is 0.237 e. The van der Waals surface area contributed by atoms with Crippen molar-refractivity contribution in [3.63, 3.8) is 0 Å². The Kier molecular flexibility index (Phi) is 4.99. The second kappa shape index (κ2) is 7.34. The van der Waals surface area contributed by atoms with Crippen molar-refractivity contribution in [3.8, 4) is 0 Å². The van der Waals surface area contributed by atoms with Gasteiger partial charge in [-0.25, -0.2) is 0 Å². The maximum absolute atomic E-state index is 12.2. The van der Waals surface area contributed by atoms with E-state index in [4.69, 9.17) is 0 Å². The summed E-state index contributed by atoms with van der Waals surface area (Å²) in [5.74, 6) is 0.871. The molecular weight excluding hydrogens is 302 g/mol. The first-order valence-corrected chi connectivity index (χ1v) is 8.72. The molecule has 0 aliphatic rings. The third kappa shape index (κ3) is 4.14. The summed E-state index contributed by atoms with van der Waals surface area (Å²) in [5, 5.41) is 5.34. The van der Waals surface area contributed by atoms with E-state index < -0.39 is 0 Å². The van der Waals surface area contributed by atoms with E-state index in [9.17, 15) is 4.79 Å². The fourth-order valence-corrected chi connectivity index (χ4v) is 3.22. The average Bonchev–Trinajstić information content (AvgIpc) is 2.60. The second-order valence-electron chi connectivity index (χ2n) is 5.49. The Labute approximate surface area is 140 Å². The maximum atomic E-state index is 12.2. The van der Waals surface area contributed by atoms with Gasteiger partial charge in [-0.3, -0.25) is 4.79 Å². The summed E-state index contributed by atoms with van der Waals surface area (Å²) in [6, 6.07) is 24.4. The molecule has 0 heterocycles. The van der Waals surface area contributed by atoms with Crippen LogP contribution in [0.5, 0.6) is 0 Å². The van der Waals surface area contributed by atoms with E-state index >= 15 is 0 Å². The van der Waals surface area contributed by atoms with Gasteiger partial charge in [0.15, 0.2) is 0 Å². The number of carbonyl (C=O) groups is 1. The van der Waals surface area contributed by atoms with Crippen molar-refractivity contribution in [2.45, 2.75) is 17.9 Å². The Morgan fingerprint density at radius 1 is 0.957 bits per heavy atom. The summed E-state index contributed by atoms with van der Waals surface area (Å²) >= 11 is 1.65. The zero-order chi connectivity index (χ0) is 16.1. The van der Waals surface area contributed by atoms with Gasteiger partial charge in [-0.1, -0.05) is 60.7 Å². The lowest BCUT2D eigenvalue weighted by molar-refractivity contribution is -0.115. The highest BCUT2D eigenvalue weighted by atomic mass is 32.2. The van der Waals surface area contributed by atoms with E-state index in [2.05, 4.69) is 41.7 Å². The SMILES string of the molecule is CC(SCc1ccc2ccccc2c1)C(=O)Nc1ccccc1.